The van der Waals surface area contributed by atoms with Crippen molar-refractivity contribution in [1.29, 1.82) is 0 Å². The standard InChI is InChI=1S/C10H30O5Si5.H12O6Si6/c1-16(2)11-17(3,4)13-19(7,8)15-20(9,10)14-18(5,6)12-16;1-7-2-9-4-11-6-12-5-10-3-8-1/h1-10H3;7-12H2. The Morgan fingerprint density at radius 3 is 0.531 bits per heavy atom. The van der Waals surface area contributed by atoms with E-state index in [0.717, 1.165) is 0 Å². The van der Waals surface area contributed by atoms with Gasteiger partial charge in [-0.25, -0.2) is 0 Å². The molecule has 2 saturated heterocycles. The molecular formula is C10H42O11Si11. The summed E-state index contributed by atoms with van der Waals surface area (Å²) in [6, 6.07) is 0. The molecule has 2 fully saturated rings. The smallest absolute Gasteiger partial charge is 0.314 e. The highest BCUT2D eigenvalue weighted by Gasteiger charge is 2.50. The Labute approximate surface area is 212 Å². The van der Waals surface area contributed by atoms with Crippen LogP contribution in [0, 0.1) is 0 Å². The van der Waals surface area contributed by atoms with E-state index >= 15 is 0 Å². The van der Waals surface area contributed by atoms with Gasteiger partial charge < -0.3 is 45.3 Å². The molecule has 0 radical (unpaired) electrons. The van der Waals surface area contributed by atoms with E-state index < -0.39 is 103 Å². The topological polar surface area (TPSA) is 102 Å². The largest absolute Gasteiger partial charge is 0.425 e. The second-order valence-electron chi connectivity index (χ2n) is 9.44. The third-order valence-corrected chi connectivity index (χ3v) is 31.1. The fraction of sp³-hybridized carbons (Fsp3) is 1.00. The predicted molar refractivity (Wildman–Crippen MR) is 151 cm³/mol. The number of hydrogen-bond acceptors (Lipinski definition) is 11. The second kappa shape index (κ2) is 14.0. The summed E-state index contributed by atoms with van der Waals surface area (Å²) < 4.78 is 62.9. The van der Waals surface area contributed by atoms with Crippen molar-refractivity contribution in [1.82, 2.24) is 0 Å². The molecule has 0 aromatic carbocycles. The van der Waals surface area contributed by atoms with Crippen LogP contribution in [-0.2, 0) is 45.3 Å². The highest BCUT2D eigenvalue weighted by Crippen LogP contribution is 2.30. The molecule has 192 valence electrons. The summed E-state index contributed by atoms with van der Waals surface area (Å²) in [7, 11) is -16.1. The minimum atomic E-state index is -2.26. The van der Waals surface area contributed by atoms with Crippen LogP contribution in [0.2, 0.25) is 65.5 Å². The van der Waals surface area contributed by atoms with E-state index in [1.807, 2.05) is 0 Å². The van der Waals surface area contributed by atoms with Gasteiger partial charge in [0.25, 0.3) is 60.0 Å². The van der Waals surface area contributed by atoms with Crippen LogP contribution in [0.5, 0.6) is 0 Å². The lowest BCUT2D eigenvalue weighted by Crippen LogP contribution is -2.64. The molecule has 0 spiro atoms. The molecule has 0 bridgehead atoms. The Morgan fingerprint density at radius 2 is 0.406 bits per heavy atom. The molecule has 2 rings (SSSR count). The molecule has 32 heavy (non-hydrogen) atoms. The van der Waals surface area contributed by atoms with Crippen LogP contribution in [0.15, 0.2) is 0 Å². The van der Waals surface area contributed by atoms with Gasteiger partial charge >= 0.3 is 42.8 Å². The minimum absolute atomic E-state index is 0.795. The lowest BCUT2D eigenvalue weighted by Gasteiger charge is -2.46. The molecular weight excluding hydrogens is 605 g/mol. The highest BCUT2D eigenvalue weighted by molar-refractivity contribution is 6.92. The Bertz CT molecular complexity index is 409. The van der Waals surface area contributed by atoms with Crippen molar-refractivity contribution in [2.24, 2.45) is 0 Å². The summed E-state index contributed by atoms with van der Waals surface area (Å²) in [6.07, 6.45) is 0. The zero-order valence-corrected chi connectivity index (χ0v) is 34.7. The SMILES string of the molecule is C[Si]1(C)O[Si](C)(C)O[Si](C)(C)O[Si](C)(C)O[Si](C)(C)O1.O1[SiH2]O[SiH2]O[SiH2]O[SiH2]O[SiH2]O[SiH2]1. The molecule has 2 aliphatic rings. The van der Waals surface area contributed by atoms with Crippen LogP contribution in [0.1, 0.15) is 0 Å². The van der Waals surface area contributed by atoms with Gasteiger partial charge in [-0.05, 0) is 65.5 Å². The summed E-state index contributed by atoms with van der Waals surface area (Å²) >= 11 is 0. The molecule has 0 aromatic rings. The summed E-state index contributed by atoms with van der Waals surface area (Å²) in [5.74, 6) is 0. The molecule has 0 N–H and O–H groups in total. The van der Waals surface area contributed by atoms with E-state index in [0.29, 0.717) is 0 Å². The third-order valence-electron chi connectivity index (χ3n) is 3.46. The molecule has 2 heterocycles. The molecule has 0 aliphatic carbocycles. The maximum absolute atomic E-state index is 6.30. The maximum Gasteiger partial charge on any atom is 0.314 e. The second-order valence-corrected chi connectivity index (χ2v) is 38.7. The van der Waals surface area contributed by atoms with Gasteiger partial charge in [-0.1, -0.05) is 0 Å². The third kappa shape index (κ3) is 15.8. The van der Waals surface area contributed by atoms with Gasteiger partial charge in [0.2, 0.25) is 0 Å². The molecule has 0 atom stereocenters. The van der Waals surface area contributed by atoms with Crippen molar-refractivity contribution in [3.05, 3.63) is 0 Å². The van der Waals surface area contributed by atoms with E-state index in [1.54, 1.807) is 0 Å². The van der Waals surface area contributed by atoms with Gasteiger partial charge in [0, 0.05) is 0 Å². The predicted octanol–water partition coefficient (Wildman–Crippen LogP) is -2.32. The van der Waals surface area contributed by atoms with Crippen molar-refractivity contribution in [2.75, 3.05) is 0 Å². The van der Waals surface area contributed by atoms with Crippen molar-refractivity contribution < 1.29 is 45.3 Å². The van der Waals surface area contributed by atoms with E-state index in [4.69, 9.17) is 45.3 Å². The molecule has 0 amide bonds. The van der Waals surface area contributed by atoms with E-state index in [-0.39, 0.29) is 0 Å². The summed E-state index contributed by atoms with van der Waals surface area (Å²) in [4.78, 5) is 0. The highest BCUT2D eigenvalue weighted by atomic mass is 28.5. The van der Waals surface area contributed by atoms with Gasteiger partial charge in [-0.15, -0.1) is 0 Å². The van der Waals surface area contributed by atoms with E-state index in [1.165, 1.54) is 0 Å². The lowest BCUT2D eigenvalue weighted by atomic mass is 11.9. The zero-order chi connectivity index (χ0) is 24.5. The van der Waals surface area contributed by atoms with Crippen molar-refractivity contribution >= 4 is 103 Å². The molecule has 2 aliphatic heterocycles. The average Bonchev–Trinajstić information content (AvgIpc) is 2.48. The first-order valence-electron chi connectivity index (χ1n) is 10.5. The van der Waals surface area contributed by atoms with Crippen molar-refractivity contribution in [3.8, 4) is 0 Å². The number of rotatable bonds is 0. The zero-order valence-electron chi connectivity index (χ0n) is 21.2. The van der Waals surface area contributed by atoms with Crippen LogP contribution < -0.4 is 0 Å². The van der Waals surface area contributed by atoms with Crippen LogP contribution in [0.3, 0.4) is 0 Å². The monoisotopic (exact) mass is 646 g/mol. The Balaban J connectivity index is 0.000000363. The fourth-order valence-electron chi connectivity index (χ4n) is 3.62. The summed E-state index contributed by atoms with van der Waals surface area (Å²) in [5.41, 5.74) is 0. The molecule has 22 heteroatoms. The van der Waals surface area contributed by atoms with Crippen LogP contribution in [0.4, 0.5) is 0 Å². The van der Waals surface area contributed by atoms with Crippen LogP contribution >= 0.6 is 0 Å². The Kier molecular flexibility index (Phi) is 14.0. The average molecular weight is 647 g/mol. The van der Waals surface area contributed by atoms with E-state index in [9.17, 15) is 0 Å². The first kappa shape index (κ1) is 32.0. The minimum Gasteiger partial charge on any atom is -0.425 e. The van der Waals surface area contributed by atoms with Crippen molar-refractivity contribution in [2.45, 2.75) is 65.5 Å². The fourth-order valence-corrected chi connectivity index (χ4v) is 40.8. The van der Waals surface area contributed by atoms with Crippen LogP contribution in [-0.4, -0.2) is 103 Å². The summed E-state index contributed by atoms with van der Waals surface area (Å²) in [5, 5.41) is 0. The normalized spacial score (nSPS) is 33.2. The van der Waals surface area contributed by atoms with Crippen LogP contribution in [0.25, 0.3) is 0 Å². The molecule has 0 saturated carbocycles. The molecule has 0 unspecified atom stereocenters. The van der Waals surface area contributed by atoms with E-state index in [2.05, 4.69) is 65.5 Å². The first-order valence-corrected chi connectivity index (χ1v) is 31.5. The molecule has 11 nitrogen and oxygen atoms in total. The van der Waals surface area contributed by atoms with Gasteiger partial charge in [0.05, 0.1) is 0 Å². The maximum atomic E-state index is 6.30. The Morgan fingerprint density at radius 1 is 0.281 bits per heavy atom. The Hall–Kier alpha value is 1.95. The first-order chi connectivity index (χ1) is 14.5. The van der Waals surface area contributed by atoms with Gasteiger partial charge in [-0.3, -0.25) is 0 Å². The van der Waals surface area contributed by atoms with Gasteiger partial charge in [-0.2, -0.15) is 0 Å². The van der Waals surface area contributed by atoms with Gasteiger partial charge in [0.1, 0.15) is 0 Å². The molecule has 0 aromatic heterocycles. The van der Waals surface area contributed by atoms with Gasteiger partial charge in [0.15, 0.2) is 0 Å². The van der Waals surface area contributed by atoms with Crippen molar-refractivity contribution in [3.63, 3.8) is 0 Å². The summed E-state index contributed by atoms with van der Waals surface area (Å²) in [6.45, 7) is 20.8. The number of hydrogen-bond donors (Lipinski definition) is 0. The lowest BCUT2D eigenvalue weighted by molar-refractivity contribution is 0.239. The quantitative estimate of drug-likeness (QED) is 0.265.